The van der Waals surface area contributed by atoms with Crippen LogP contribution in [0.25, 0.3) is 0 Å². The number of carbonyl (C=O) groups excluding carboxylic acids is 1. The molecule has 2 N–H and O–H groups in total. The van der Waals surface area contributed by atoms with Gasteiger partial charge in [-0.2, -0.15) is 0 Å². The van der Waals surface area contributed by atoms with Crippen molar-refractivity contribution in [3.63, 3.8) is 0 Å². The number of amides is 1. The highest BCUT2D eigenvalue weighted by Gasteiger charge is 2.14. The predicted octanol–water partition coefficient (Wildman–Crippen LogP) is 3.51. The monoisotopic (exact) mass is 413 g/mol. The highest BCUT2D eigenvalue weighted by atomic mass is 127. The maximum absolute atomic E-state index is 13.0. The largest absolute Gasteiger partial charge is 0.387 e. The Hall–Kier alpha value is -1.47. The molecular weight excluding hydrogens is 396 g/mol. The van der Waals surface area contributed by atoms with Gasteiger partial charge >= 0.3 is 0 Å². The lowest BCUT2D eigenvalue weighted by Gasteiger charge is -2.14. The van der Waals surface area contributed by atoms with Crippen LogP contribution in [0.3, 0.4) is 0 Å². The molecule has 0 aliphatic heterocycles. The van der Waals surface area contributed by atoms with Crippen molar-refractivity contribution in [2.45, 2.75) is 20.0 Å². The third-order valence-corrected chi connectivity index (χ3v) is 4.15. The fraction of sp³-hybridized carbons (Fsp3) is 0.235. The summed E-state index contributed by atoms with van der Waals surface area (Å²) in [6.45, 7) is 4.03. The number of hydrogen-bond acceptors (Lipinski definition) is 2. The first-order valence-corrected chi connectivity index (χ1v) is 7.94. The van der Waals surface area contributed by atoms with Crippen LogP contribution in [0.15, 0.2) is 36.4 Å². The predicted molar refractivity (Wildman–Crippen MR) is 92.3 cm³/mol. The summed E-state index contributed by atoms with van der Waals surface area (Å²) in [6.07, 6.45) is -0.777. The number of benzene rings is 2. The third kappa shape index (κ3) is 4.27. The maximum Gasteiger partial charge on any atom is 0.252 e. The molecule has 0 heterocycles. The molecule has 0 radical (unpaired) electrons. The van der Waals surface area contributed by atoms with Gasteiger partial charge in [0.1, 0.15) is 5.82 Å². The van der Waals surface area contributed by atoms with Crippen LogP contribution in [0.4, 0.5) is 4.39 Å². The topological polar surface area (TPSA) is 49.3 Å². The second-order valence-electron chi connectivity index (χ2n) is 5.27. The standard InChI is InChI=1S/C17H17FINO2/c1-10-5-11(2)7-12(6-10)16(21)9-20-17(22)14-4-3-13(18)8-15(14)19/h3-8,16,21H,9H2,1-2H3,(H,20,22)/t16-/m0/s1. The Kier molecular flexibility index (Phi) is 5.52. The summed E-state index contributed by atoms with van der Waals surface area (Å²) in [5.74, 6) is -0.705. The second-order valence-corrected chi connectivity index (χ2v) is 6.43. The van der Waals surface area contributed by atoms with Crippen molar-refractivity contribution in [3.05, 3.63) is 68.0 Å². The maximum atomic E-state index is 13.0. The first kappa shape index (κ1) is 16.9. The van der Waals surface area contributed by atoms with Crippen LogP contribution < -0.4 is 5.32 Å². The van der Waals surface area contributed by atoms with E-state index in [0.717, 1.165) is 16.7 Å². The fourth-order valence-electron chi connectivity index (χ4n) is 2.28. The van der Waals surface area contributed by atoms with Crippen LogP contribution in [-0.4, -0.2) is 17.6 Å². The molecule has 3 nitrogen and oxygen atoms in total. The van der Waals surface area contributed by atoms with E-state index in [1.54, 1.807) is 0 Å². The Morgan fingerprint density at radius 1 is 1.23 bits per heavy atom. The van der Waals surface area contributed by atoms with Crippen LogP contribution in [0.2, 0.25) is 0 Å². The molecule has 1 amide bonds. The van der Waals surface area contributed by atoms with Gasteiger partial charge in [0.2, 0.25) is 0 Å². The van der Waals surface area contributed by atoms with Crippen molar-refractivity contribution < 1.29 is 14.3 Å². The zero-order valence-electron chi connectivity index (χ0n) is 12.4. The SMILES string of the molecule is Cc1cc(C)cc([C@@H](O)CNC(=O)c2ccc(F)cc2I)c1. The molecule has 2 aromatic carbocycles. The number of aliphatic hydroxyl groups excluding tert-OH is 1. The lowest BCUT2D eigenvalue weighted by Crippen LogP contribution is -2.29. The summed E-state index contributed by atoms with van der Waals surface area (Å²) < 4.78 is 13.6. The van der Waals surface area contributed by atoms with E-state index >= 15 is 0 Å². The lowest BCUT2D eigenvalue weighted by atomic mass is 10.0. The van der Waals surface area contributed by atoms with Gasteiger partial charge in [0.15, 0.2) is 0 Å². The van der Waals surface area contributed by atoms with E-state index in [1.807, 2.05) is 54.6 Å². The zero-order chi connectivity index (χ0) is 16.3. The minimum Gasteiger partial charge on any atom is -0.387 e. The van der Waals surface area contributed by atoms with Crippen molar-refractivity contribution in [2.75, 3.05) is 6.54 Å². The molecule has 0 aliphatic carbocycles. The number of aryl methyl sites for hydroxylation is 2. The summed E-state index contributed by atoms with van der Waals surface area (Å²) >= 11 is 1.92. The summed E-state index contributed by atoms with van der Waals surface area (Å²) in [6, 6.07) is 9.80. The molecule has 1 atom stereocenters. The molecule has 116 valence electrons. The molecule has 0 unspecified atom stereocenters. The van der Waals surface area contributed by atoms with Gasteiger partial charge in [-0.1, -0.05) is 29.3 Å². The van der Waals surface area contributed by atoms with Crippen molar-refractivity contribution in [1.82, 2.24) is 5.32 Å². The molecule has 0 aromatic heterocycles. The number of rotatable bonds is 4. The molecule has 0 saturated heterocycles. The van der Waals surface area contributed by atoms with E-state index in [-0.39, 0.29) is 18.3 Å². The van der Waals surface area contributed by atoms with E-state index in [9.17, 15) is 14.3 Å². The molecule has 5 heteroatoms. The first-order valence-electron chi connectivity index (χ1n) is 6.86. The van der Waals surface area contributed by atoms with Gasteiger partial charge < -0.3 is 10.4 Å². The molecular formula is C17H17FINO2. The molecule has 2 aromatic rings. The Bertz CT molecular complexity index is 683. The summed E-state index contributed by atoms with van der Waals surface area (Å²) in [5.41, 5.74) is 3.29. The van der Waals surface area contributed by atoms with Crippen LogP contribution in [-0.2, 0) is 0 Å². The van der Waals surface area contributed by atoms with Crippen LogP contribution >= 0.6 is 22.6 Å². The van der Waals surface area contributed by atoms with E-state index in [4.69, 9.17) is 0 Å². The third-order valence-electron chi connectivity index (χ3n) is 3.26. The lowest BCUT2D eigenvalue weighted by molar-refractivity contribution is 0.0915. The molecule has 0 bridgehead atoms. The molecule has 22 heavy (non-hydrogen) atoms. The Morgan fingerprint density at radius 2 is 1.86 bits per heavy atom. The molecule has 0 aliphatic rings. The Balaban J connectivity index is 2.04. The van der Waals surface area contributed by atoms with E-state index in [2.05, 4.69) is 5.32 Å². The molecule has 0 saturated carbocycles. The zero-order valence-corrected chi connectivity index (χ0v) is 14.5. The van der Waals surface area contributed by atoms with Crippen molar-refractivity contribution in [1.29, 1.82) is 0 Å². The first-order chi connectivity index (χ1) is 10.4. The summed E-state index contributed by atoms with van der Waals surface area (Å²) in [5, 5.41) is 12.9. The number of halogens is 2. The summed E-state index contributed by atoms with van der Waals surface area (Å²) in [4.78, 5) is 12.1. The van der Waals surface area contributed by atoms with Crippen LogP contribution in [0, 0.1) is 23.2 Å². The molecule has 0 fully saturated rings. The highest BCUT2D eigenvalue weighted by Crippen LogP contribution is 2.17. The Morgan fingerprint density at radius 3 is 2.45 bits per heavy atom. The van der Waals surface area contributed by atoms with Crippen LogP contribution in [0.1, 0.15) is 33.2 Å². The quantitative estimate of drug-likeness (QED) is 0.754. The van der Waals surface area contributed by atoms with Gasteiger partial charge in [-0.3, -0.25) is 4.79 Å². The normalized spacial score (nSPS) is 12.0. The number of hydrogen-bond donors (Lipinski definition) is 2. The van der Waals surface area contributed by atoms with Gasteiger partial charge in [0, 0.05) is 10.1 Å². The van der Waals surface area contributed by atoms with Crippen molar-refractivity contribution >= 4 is 28.5 Å². The highest BCUT2D eigenvalue weighted by molar-refractivity contribution is 14.1. The smallest absolute Gasteiger partial charge is 0.252 e. The van der Waals surface area contributed by atoms with Crippen molar-refractivity contribution in [3.8, 4) is 0 Å². The van der Waals surface area contributed by atoms with Crippen LogP contribution in [0.5, 0.6) is 0 Å². The van der Waals surface area contributed by atoms with Gasteiger partial charge in [-0.15, -0.1) is 0 Å². The minimum atomic E-state index is -0.777. The molecule has 0 spiro atoms. The van der Waals surface area contributed by atoms with Gasteiger partial charge in [0.25, 0.3) is 5.91 Å². The average Bonchev–Trinajstić information content (AvgIpc) is 2.43. The number of carbonyl (C=O) groups is 1. The number of nitrogens with one attached hydrogen (secondary N) is 1. The second kappa shape index (κ2) is 7.19. The molecule has 2 rings (SSSR count). The van der Waals surface area contributed by atoms with Crippen molar-refractivity contribution in [2.24, 2.45) is 0 Å². The van der Waals surface area contributed by atoms with Gasteiger partial charge in [-0.25, -0.2) is 4.39 Å². The fourth-order valence-corrected chi connectivity index (χ4v) is 3.00. The Labute approximate surface area is 142 Å². The van der Waals surface area contributed by atoms with E-state index < -0.39 is 6.10 Å². The average molecular weight is 413 g/mol. The van der Waals surface area contributed by atoms with E-state index in [0.29, 0.717) is 9.13 Å². The van der Waals surface area contributed by atoms with E-state index in [1.165, 1.54) is 18.2 Å². The van der Waals surface area contributed by atoms with Gasteiger partial charge in [-0.05, 0) is 60.2 Å². The minimum absolute atomic E-state index is 0.106. The number of aliphatic hydroxyl groups is 1. The van der Waals surface area contributed by atoms with Gasteiger partial charge in [0.05, 0.1) is 11.7 Å². The summed E-state index contributed by atoms with van der Waals surface area (Å²) in [7, 11) is 0.